The van der Waals surface area contributed by atoms with E-state index in [0.717, 1.165) is 12.0 Å². The smallest absolute Gasteiger partial charge is 0.0110 e. The van der Waals surface area contributed by atoms with Crippen LogP contribution in [-0.2, 0) is 0 Å². The third-order valence-corrected chi connectivity index (χ3v) is 3.95. The summed E-state index contributed by atoms with van der Waals surface area (Å²) >= 11 is 0. The first-order chi connectivity index (χ1) is 7.25. The summed E-state index contributed by atoms with van der Waals surface area (Å²) in [7, 11) is 2.29. The molecule has 0 amide bonds. The van der Waals surface area contributed by atoms with Crippen LogP contribution in [0.1, 0.15) is 19.8 Å². The van der Waals surface area contributed by atoms with Crippen LogP contribution in [0.5, 0.6) is 0 Å². The van der Waals surface area contributed by atoms with Gasteiger partial charge in [-0.1, -0.05) is 6.92 Å². The molecule has 15 heavy (non-hydrogen) atoms. The third kappa shape index (κ3) is 3.16. The van der Waals surface area contributed by atoms with Crippen LogP contribution >= 0.6 is 0 Å². The van der Waals surface area contributed by atoms with Crippen molar-refractivity contribution >= 4 is 0 Å². The number of rotatable bonds is 4. The van der Waals surface area contributed by atoms with E-state index in [2.05, 4.69) is 29.1 Å². The number of nitrogens with one attached hydrogen (secondary N) is 1. The zero-order valence-electron chi connectivity index (χ0n) is 10.2. The van der Waals surface area contributed by atoms with Gasteiger partial charge in [-0.3, -0.25) is 4.90 Å². The van der Waals surface area contributed by atoms with Crippen LogP contribution in [-0.4, -0.2) is 62.2 Å². The minimum Gasteiger partial charge on any atom is -0.314 e. The molecule has 1 aliphatic carbocycles. The summed E-state index contributed by atoms with van der Waals surface area (Å²) in [6.45, 7) is 9.67. The molecule has 0 atom stereocenters. The van der Waals surface area contributed by atoms with Gasteiger partial charge in [-0.15, -0.1) is 0 Å². The highest BCUT2D eigenvalue weighted by Gasteiger charge is 2.28. The molecule has 0 aromatic carbocycles. The first kappa shape index (κ1) is 11.4. The van der Waals surface area contributed by atoms with Crippen molar-refractivity contribution in [1.29, 1.82) is 0 Å². The lowest BCUT2D eigenvalue weighted by atomic mass is 9.81. The van der Waals surface area contributed by atoms with E-state index in [1.807, 2.05) is 0 Å². The Morgan fingerprint density at radius 3 is 2.53 bits per heavy atom. The van der Waals surface area contributed by atoms with Crippen LogP contribution in [0.4, 0.5) is 0 Å². The average Bonchev–Trinajstić information content (AvgIpc) is 2.23. The van der Waals surface area contributed by atoms with E-state index in [1.54, 1.807) is 0 Å². The van der Waals surface area contributed by atoms with E-state index >= 15 is 0 Å². The van der Waals surface area contributed by atoms with Crippen molar-refractivity contribution in [3.8, 4) is 0 Å². The standard InChI is InChI=1S/C12H25N3/c1-11-9-12(10-11)14(2)7-8-15-5-3-13-4-6-15/h11-13H,3-10H2,1-2H3. The van der Waals surface area contributed by atoms with E-state index in [9.17, 15) is 0 Å². The van der Waals surface area contributed by atoms with Gasteiger partial charge < -0.3 is 10.2 Å². The van der Waals surface area contributed by atoms with Gasteiger partial charge in [0, 0.05) is 45.3 Å². The highest BCUT2D eigenvalue weighted by atomic mass is 15.2. The normalized spacial score (nSPS) is 33.0. The van der Waals surface area contributed by atoms with Gasteiger partial charge in [0.15, 0.2) is 0 Å². The fourth-order valence-electron chi connectivity index (χ4n) is 2.64. The summed E-state index contributed by atoms with van der Waals surface area (Å²) in [5.41, 5.74) is 0. The van der Waals surface area contributed by atoms with Crippen LogP contribution in [0.3, 0.4) is 0 Å². The van der Waals surface area contributed by atoms with Crippen molar-refractivity contribution in [1.82, 2.24) is 15.1 Å². The van der Waals surface area contributed by atoms with Gasteiger partial charge in [-0.05, 0) is 25.8 Å². The minimum absolute atomic E-state index is 0.878. The van der Waals surface area contributed by atoms with Crippen molar-refractivity contribution in [2.24, 2.45) is 5.92 Å². The molecule has 1 aliphatic heterocycles. The molecule has 1 saturated carbocycles. The monoisotopic (exact) mass is 211 g/mol. The van der Waals surface area contributed by atoms with Crippen molar-refractivity contribution < 1.29 is 0 Å². The lowest BCUT2D eigenvalue weighted by Crippen LogP contribution is -2.48. The molecule has 88 valence electrons. The van der Waals surface area contributed by atoms with Gasteiger partial charge in [-0.2, -0.15) is 0 Å². The molecule has 0 spiro atoms. The Bertz CT molecular complexity index is 183. The molecule has 2 fully saturated rings. The Morgan fingerprint density at radius 1 is 1.27 bits per heavy atom. The Hall–Kier alpha value is -0.120. The molecule has 0 bridgehead atoms. The Morgan fingerprint density at radius 2 is 1.93 bits per heavy atom. The van der Waals surface area contributed by atoms with Gasteiger partial charge in [0.05, 0.1) is 0 Å². The number of hydrogen-bond acceptors (Lipinski definition) is 3. The molecule has 1 heterocycles. The largest absolute Gasteiger partial charge is 0.314 e. The van der Waals surface area contributed by atoms with E-state index in [4.69, 9.17) is 0 Å². The summed E-state index contributed by atoms with van der Waals surface area (Å²) in [6, 6.07) is 0.878. The maximum atomic E-state index is 3.40. The predicted octanol–water partition coefficient (Wildman–Crippen LogP) is 0.622. The Balaban J connectivity index is 1.60. The zero-order chi connectivity index (χ0) is 10.7. The molecule has 0 unspecified atom stereocenters. The SMILES string of the molecule is CC1CC(N(C)CCN2CCNCC2)C1. The molecule has 0 aromatic rings. The molecule has 0 radical (unpaired) electrons. The van der Waals surface area contributed by atoms with Gasteiger partial charge in [0.2, 0.25) is 0 Å². The molecule has 2 rings (SSSR count). The Labute approximate surface area is 93.8 Å². The second kappa shape index (κ2) is 5.28. The van der Waals surface area contributed by atoms with Gasteiger partial charge >= 0.3 is 0 Å². The van der Waals surface area contributed by atoms with Crippen molar-refractivity contribution in [2.75, 3.05) is 46.3 Å². The van der Waals surface area contributed by atoms with Gasteiger partial charge in [0.1, 0.15) is 0 Å². The van der Waals surface area contributed by atoms with E-state index in [0.29, 0.717) is 0 Å². The lowest BCUT2D eigenvalue weighted by Gasteiger charge is -2.40. The summed E-state index contributed by atoms with van der Waals surface area (Å²) in [5, 5.41) is 3.40. The molecule has 3 heteroatoms. The fraction of sp³-hybridized carbons (Fsp3) is 1.00. The van der Waals surface area contributed by atoms with Crippen LogP contribution in [0.15, 0.2) is 0 Å². The maximum Gasteiger partial charge on any atom is 0.0110 e. The summed E-state index contributed by atoms with van der Waals surface area (Å²) in [5.74, 6) is 0.969. The molecule has 1 saturated heterocycles. The molecular formula is C12H25N3. The highest BCUT2D eigenvalue weighted by molar-refractivity contribution is 4.83. The topological polar surface area (TPSA) is 18.5 Å². The highest BCUT2D eigenvalue weighted by Crippen LogP contribution is 2.29. The van der Waals surface area contributed by atoms with E-state index in [1.165, 1.54) is 52.1 Å². The first-order valence-corrected chi connectivity index (χ1v) is 6.39. The second-order valence-electron chi connectivity index (χ2n) is 5.30. The number of nitrogens with zero attached hydrogens (tertiary/aromatic N) is 2. The average molecular weight is 211 g/mol. The summed E-state index contributed by atoms with van der Waals surface area (Å²) in [4.78, 5) is 5.14. The van der Waals surface area contributed by atoms with E-state index in [-0.39, 0.29) is 0 Å². The van der Waals surface area contributed by atoms with Crippen LogP contribution < -0.4 is 5.32 Å². The van der Waals surface area contributed by atoms with Crippen molar-refractivity contribution in [3.05, 3.63) is 0 Å². The Kier molecular flexibility index (Phi) is 4.00. The minimum atomic E-state index is 0.878. The van der Waals surface area contributed by atoms with Crippen LogP contribution in [0.2, 0.25) is 0 Å². The molecule has 1 N–H and O–H groups in total. The maximum absolute atomic E-state index is 3.40. The second-order valence-corrected chi connectivity index (χ2v) is 5.30. The van der Waals surface area contributed by atoms with Gasteiger partial charge in [0.25, 0.3) is 0 Å². The van der Waals surface area contributed by atoms with Crippen molar-refractivity contribution in [3.63, 3.8) is 0 Å². The van der Waals surface area contributed by atoms with Crippen molar-refractivity contribution in [2.45, 2.75) is 25.8 Å². The first-order valence-electron chi connectivity index (χ1n) is 6.39. The lowest BCUT2D eigenvalue weighted by molar-refractivity contribution is 0.0956. The quantitative estimate of drug-likeness (QED) is 0.735. The molecule has 2 aliphatic rings. The number of likely N-dealkylation sites (N-methyl/N-ethyl adjacent to an activating group) is 1. The number of hydrogen-bond donors (Lipinski definition) is 1. The van der Waals surface area contributed by atoms with Gasteiger partial charge in [-0.25, -0.2) is 0 Å². The third-order valence-electron chi connectivity index (χ3n) is 3.95. The zero-order valence-corrected chi connectivity index (χ0v) is 10.2. The summed E-state index contributed by atoms with van der Waals surface area (Å²) < 4.78 is 0. The molecular weight excluding hydrogens is 186 g/mol. The number of piperazine rings is 1. The predicted molar refractivity (Wildman–Crippen MR) is 64.1 cm³/mol. The fourth-order valence-corrected chi connectivity index (χ4v) is 2.64. The molecule has 0 aromatic heterocycles. The summed E-state index contributed by atoms with van der Waals surface area (Å²) in [6.07, 6.45) is 2.83. The molecule has 3 nitrogen and oxygen atoms in total. The van der Waals surface area contributed by atoms with Crippen LogP contribution in [0.25, 0.3) is 0 Å². The van der Waals surface area contributed by atoms with Crippen LogP contribution in [0, 0.1) is 5.92 Å². The van der Waals surface area contributed by atoms with E-state index < -0.39 is 0 Å².